The van der Waals surface area contributed by atoms with E-state index in [1.54, 1.807) is 0 Å². The van der Waals surface area contributed by atoms with Crippen LogP contribution in [0.15, 0.2) is 0 Å². The molecule has 0 N–H and O–H groups in total. The summed E-state index contributed by atoms with van der Waals surface area (Å²) >= 11 is 0. The zero-order chi connectivity index (χ0) is 40.0. The van der Waals surface area contributed by atoms with Crippen molar-refractivity contribution in [1.29, 1.82) is 0 Å². The molecule has 0 saturated heterocycles. The topological polar surface area (TPSA) is 20.3 Å². The van der Waals surface area contributed by atoms with Gasteiger partial charge in [-0.1, -0.05) is 129 Å². The quantitative estimate of drug-likeness (QED) is 0.0339. The molecule has 0 aliphatic carbocycles. The van der Waals surface area contributed by atoms with E-state index < -0.39 is 71.0 Å². The average molecular weight is 826 g/mol. The van der Waals surface area contributed by atoms with Crippen LogP contribution in [0.3, 0.4) is 0 Å². The molecule has 0 radical (unpaired) electrons. The van der Waals surface area contributed by atoms with Crippen LogP contribution in [0, 0.1) is 0 Å². The lowest BCUT2D eigenvalue weighted by Gasteiger charge is -2.42. The molecule has 1 amide bonds. The smallest absolute Gasteiger partial charge is 0.265 e. The summed E-state index contributed by atoms with van der Waals surface area (Å²) in [6.45, 7) is 0.568. The molecule has 0 aliphatic heterocycles. The number of hydrogen-bond acceptors (Lipinski definition) is 3. The Morgan fingerprint density at radius 2 is 0.725 bits per heavy atom. The zero-order valence-electron chi connectivity index (χ0n) is 27.4. The van der Waals surface area contributed by atoms with Gasteiger partial charge in [0.2, 0.25) is 0 Å². The van der Waals surface area contributed by atoms with Crippen LogP contribution < -0.4 is 0 Å². The van der Waals surface area contributed by atoms with Gasteiger partial charge in [-0.2, -0.15) is 79.8 Å². The molecular weight excluding hydrogens is 784 g/mol. The van der Waals surface area contributed by atoms with Crippen molar-refractivity contribution < 1.29 is 83.9 Å². The molecule has 0 aromatic heterocycles. The largest absolute Gasteiger partial charge is 0.460 e. The van der Waals surface area contributed by atoms with Crippen molar-refractivity contribution in [3.05, 3.63) is 0 Å². The SMILES string of the molecule is CCCCCCCCCCCCCCCCCCSSCCN(F)C(=O)C(F)(F)C(F)(F)C(F)(F)C(F)(F)C(F)(F)C(F)(F)C(F)(F)C(F)(F)F. The number of alkyl halides is 17. The van der Waals surface area contributed by atoms with Gasteiger partial charge in [-0.25, -0.2) is 0 Å². The Bertz CT molecular complexity index is 1010. The summed E-state index contributed by atoms with van der Waals surface area (Å²) < 4.78 is 241. The van der Waals surface area contributed by atoms with Crippen LogP contribution in [-0.4, -0.2) is 76.7 Å². The molecule has 306 valence electrons. The van der Waals surface area contributed by atoms with Crippen LogP contribution in [0.5, 0.6) is 0 Å². The van der Waals surface area contributed by atoms with E-state index >= 15 is 0 Å². The number of nitrogens with zero attached hydrogens (tertiary/aromatic N) is 1. The number of unbranched alkanes of at least 4 members (excludes halogenated alkanes) is 15. The highest BCUT2D eigenvalue weighted by atomic mass is 33.1. The molecule has 0 aromatic carbocycles. The standard InChI is InChI=1S/C29H41F18NOS2/c1-2-3-4-5-6-7-8-9-10-11-12-13-14-15-16-17-19-50-51-20-18-48(47)21(49)22(30,31)23(32,33)24(34,35)25(36,37)26(38,39)27(40,41)28(42,43)29(44,45)46/h2-20H2,1H3. The third-order valence-corrected chi connectivity index (χ3v) is 10.2. The zero-order valence-corrected chi connectivity index (χ0v) is 29.0. The summed E-state index contributed by atoms with van der Waals surface area (Å²) in [6.07, 6.45) is 9.82. The Kier molecular flexibility index (Phi) is 20.1. The van der Waals surface area contributed by atoms with Gasteiger partial charge in [-0.3, -0.25) is 4.79 Å². The Labute approximate surface area is 291 Å². The van der Waals surface area contributed by atoms with E-state index in [1.165, 1.54) is 57.8 Å². The lowest BCUT2D eigenvalue weighted by molar-refractivity contribution is -0.459. The Morgan fingerprint density at radius 1 is 0.431 bits per heavy atom. The molecule has 0 bridgehead atoms. The van der Waals surface area contributed by atoms with Crippen molar-refractivity contribution >= 4 is 27.5 Å². The van der Waals surface area contributed by atoms with Gasteiger partial charge < -0.3 is 0 Å². The van der Waals surface area contributed by atoms with E-state index in [0.717, 1.165) is 49.3 Å². The van der Waals surface area contributed by atoms with E-state index in [4.69, 9.17) is 0 Å². The van der Waals surface area contributed by atoms with Gasteiger partial charge in [-0.15, -0.1) is 0 Å². The Balaban J connectivity index is 4.76. The summed E-state index contributed by atoms with van der Waals surface area (Å²) in [5.41, 5.74) is 0. The van der Waals surface area contributed by atoms with Gasteiger partial charge in [-0.05, 0) is 6.42 Å². The first-order valence-corrected chi connectivity index (χ1v) is 18.6. The molecular formula is C29H41F18NOS2. The van der Waals surface area contributed by atoms with Crippen LogP contribution in [0.2, 0.25) is 0 Å². The molecule has 0 atom stereocenters. The number of hydrogen-bond donors (Lipinski definition) is 0. The fraction of sp³-hybridized carbons (Fsp3) is 0.966. The normalized spacial score (nSPS) is 14.3. The number of halogens is 18. The summed E-state index contributed by atoms with van der Waals surface area (Å²) in [7, 11) is 1.65. The van der Waals surface area contributed by atoms with Crippen molar-refractivity contribution in [1.82, 2.24) is 5.12 Å². The van der Waals surface area contributed by atoms with Crippen molar-refractivity contribution in [2.24, 2.45) is 0 Å². The van der Waals surface area contributed by atoms with Crippen molar-refractivity contribution in [2.75, 3.05) is 18.1 Å². The van der Waals surface area contributed by atoms with Gasteiger partial charge in [0.1, 0.15) is 0 Å². The fourth-order valence-electron chi connectivity index (χ4n) is 4.50. The Morgan fingerprint density at radius 3 is 1.08 bits per heavy atom. The van der Waals surface area contributed by atoms with Crippen molar-refractivity contribution in [3.8, 4) is 0 Å². The first kappa shape index (κ1) is 49.9. The van der Waals surface area contributed by atoms with E-state index in [9.17, 15) is 83.9 Å². The van der Waals surface area contributed by atoms with Crippen LogP contribution in [0.4, 0.5) is 79.1 Å². The fourth-order valence-corrected chi connectivity index (χ4v) is 6.57. The second-order valence-electron chi connectivity index (χ2n) is 11.9. The number of carbonyl (C=O) groups excluding carboxylic acids is 1. The summed E-state index contributed by atoms with van der Waals surface area (Å²) in [5, 5.41) is -1.89. The van der Waals surface area contributed by atoms with Crippen molar-refractivity contribution in [2.45, 2.75) is 157 Å². The molecule has 0 aromatic rings. The molecule has 0 aliphatic rings. The predicted molar refractivity (Wildman–Crippen MR) is 158 cm³/mol. The highest BCUT2D eigenvalue weighted by Gasteiger charge is 2.95. The lowest BCUT2D eigenvalue weighted by Crippen LogP contribution is -2.75. The molecule has 0 saturated carbocycles. The van der Waals surface area contributed by atoms with Gasteiger partial charge >= 0.3 is 53.5 Å². The molecule has 22 heteroatoms. The van der Waals surface area contributed by atoms with Gasteiger partial charge in [0.15, 0.2) is 0 Å². The van der Waals surface area contributed by atoms with E-state index in [1.807, 2.05) is 0 Å². The molecule has 0 spiro atoms. The lowest BCUT2D eigenvalue weighted by atomic mass is 9.89. The average Bonchev–Trinajstić information content (AvgIpc) is 3.02. The van der Waals surface area contributed by atoms with Crippen molar-refractivity contribution in [3.63, 3.8) is 0 Å². The van der Waals surface area contributed by atoms with E-state index in [2.05, 4.69) is 6.92 Å². The first-order chi connectivity index (χ1) is 23.1. The van der Waals surface area contributed by atoms with Crippen LogP contribution in [0.1, 0.15) is 110 Å². The molecule has 2 nitrogen and oxygen atoms in total. The molecule has 0 heterocycles. The molecule has 0 unspecified atom stereocenters. The van der Waals surface area contributed by atoms with Gasteiger partial charge in [0.25, 0.3) is 0 Å². The number of carbonyl (C=O) groups is 1. The maximum atomic E-state index is 14.0. The monoisotopic (exact) mass is 825 g/mol. The van der Waals surface area contributed by atoms with Gasteiger partial charge in [0, 0.05) is 11.5 Å². The minimum atomic E-state index is -8.83. The van der Waals surface area contributed by atoms with Crippen LogP contribution >= 0.6 is 21.6 Å². The Hall–Kier alpha value is -1.09. The maximum Gasteiger partial charge on any atom is 0.460 e. The summed E-state index contributed by atoms with van der Waals surface area (Å²) in [5.74, 6) is -63.3. The molecule has 0 rings (SSSR count). The first-order valence-electron chi connectivity index (χ1n) is 16.1. The highest BCUT2D eigenvalue weighted by Crippen LogP contribution is 2.64. The van der Waals surface area contributed by atoms with E-state index in [-0.39, 0.29) is 0 Å². The van der Waals surface area contributed by atoms with Crippen LogP contribution in [-0.2, 0) is 4.79 Å². The minimum absolute atomic E-state index is 0.394. The van der Waals surface area contributed by atoms with Gasteiger partial charge in [0.05, 0.1) is 6.54 Å². The summed E-state index contributed by atoms with van der Waals surface area (Å²) in [4.78, 5) is 11.5. The highest BCUT2D eigenvalue weighted by molar-refractivity contribution is 8.76. The molecule has 0 fully saturated rings. The number of rotatable bonds is 28. The summed E-state index contributed by atoms with van der Waals surface area (Å²) in [6, 6.07) is 0. The third-order valence-electron chi connectivity index (χ3n) is 7.75. The maximum absolute atomic E-state index is 14.0. The second-order valence-corrected chi connectivity index (χ2v) is 14.6. The van der Waals surface area contributed by atoms with E-state index in [0.29, 0.717) is 23.0 Å². The third kappa shape index (κ3) is 12.2. The van der Waals surface area contributed by atoms with Crippen LogP contribution in [0.25, 0.3) is 0 Å². The minimum Gasteiger partial charge on any atom is -0.265 e. The second kappa shape index (κ2) is 20.6. The molecule has 51 heavy (non-hydrogen) atoms. The number of amides is 1. The predicted octanol–water partition coefficient (Wildman–Crippen LogP) is 13.4.